The fourth-order valence-electron chi connectivity index (χ4n) is 1.75. The Morgan fingerprint density at radius 2 is 1.82 bits per heavy atom. The molecule has 1 rings (SSSR count). The van der Waals surface area contributed by atoms with Crippen molar-refractivity contribution in [1.82, 2.24) is 0 Å². The van der Waals surface area contributed by atoms with Crippen LogP contribution in [-0.4, -0.2) is 17.7 Å². The molecule has 94 valence electrons. The molecule has 0 amide bonds. The number of carboxylic acids is 1. The molecule has 0 spiro atoms. The smallest absolute Gasteiger partial charge is 0.304 e. The molecule has 3 heteroatoms. The number of ether oxygens (including phenoxy) is 1. The first-order chi connectivity index (χ1) is 7.82. The van der Waals surface area contributed by atoms with Gasteiger partial charge >= 0.3 is 5.97 Å². The highest BCUT2D eigenvalue weighted by atomic mass is 16.5. The zero-order chi connectivity index (χ0) is 13.1. The van der Waals surface area contributed by atoms with E-state index >= 15 is 0 Å². The number of carbonyl (C=O) groups is 1. The summed E-state index contributed by atoms with van der Waals surface area (Å²) < 4.78 is 5.77. The minimum absolute atomic E-state index is 0.109. The molecule has 0 saturated heterocycles. The summed E-state index contributed by atoms with van der Waals surface area (Å²) in [6.07, 6.45) is 0.109. The Morgan fingerprint density at radius 3 is 2.29 bits per heavy atom. The Balaban J connectivity index is 2.70. The Labute approximate surface area is 102 Å². The summed E-state index contributed by atoms with van der Waals surface area (Å²) in [5.41, 5.74) is 1.80. The fourth-order valence-corrected chi connectivity index (χ4v) is 1.75. The molecule has 0 aliphatic heterocycles. The van der Waals surface area contributed by atoms with Gasteiger partial charge in [0.2, 0.25) is 0 Å². The third-order valence-electron chi connectivity index (χ3n) is 2.65. The van der Waals surface area contributed by atoms with E-state index in [2.05, 4.69) is 0 Å². The molecule has 0 fully saturated rings. The molecule has 0 radical (unpaired) electrons. The van der Waals surface area contributed by atoms with Crippen molar-refractivity contribution in [2.75, 3.05) is 6.61 Å². The van der Waals surface area contributed by atoms with Gasteiger partial charge in [-0.2, -0.15) is 0 Å². The van der Waals surface area contributed by atoms with Crippen molar-refractivity contribution in [3.05, 3.63) is 29.3 Å². The molecule has 3 nitrogen and oxygen atoms in total. The number of rotatable bonds is 5. The van der Waals surface area contributed by atoms with Gasteiger partial charge in [-0.05, 0) is 25.0 Å². The zero-order valence-corrected chi connectivity index (χ0v) is 10.9. The van der Waals surface area contributed by atoms with Crippen LogP contribution in [0.15, 0.2) is 18.2 Å². The Morgan fingerprint density at radius 1 is 1.29 bits per heavy atom. The first-order valence-electron chi connectivity index (χ1n) is 5.73. The predicted octanol–water partition coefficient (Wildman–Crippen LogP) is 3.18. The SMILES string of the molecule is Cc1cccc(C)c1OCC(C)(C)CC(=O)O. The van der Waals surface area contributed by atoms with Gasteiger partial charge < -0.3 is 9.84 Å². The average Bonchev–Trinajstić information content (AvgIpc) is 2.14. The Hall–Kier alpha value is -1.51. The van der Waals surface area contributed by atoms with Gasteiger partial charge in [0, 0.05) is 5.41 Å². The van der Waals surface area contributed by atoms with E-state index in [0.717, 1.165) is 16.9 Å². The standard InChI is InChI=1S/C14H20O3/c1-10-6-5-7-11(2)13(10)17-9-14(3,4)8-12(15)16/h5-7H,8-9H2,1-4H3,(H,15,16). The van der Waals surface area contributed by atoms with E-state index < -0.39 is 5.97 Å². The largest absolute Gasteiger partial charge is 0.492 e. The average molecular weight is 236 g/mol. The molecule has 17 heavy (non-hydrogen) atoms. The maximum Gasteiger partial charge on any atom is 0.304 e. The van der Waals surface area contributed by atoms with Gasteiger partial charge in [0.05, 0.1) is 13.0 Å². The topological polar surface area (TPSA) is 46.5 Å². The van der Waals surface area contributed by atoms with Gasteiger partial charge in [-0.3, -0.25) is 4.79 Å². The van der Waals surface area contributed by atoms with Gasteiger partial charge in [0.25, 0.3) is 0 Å². The molecular weight excluding hydrogens is 216 g/mol. The minimum Gasteiger partial charge on any atom is -0.492 e. The second-order valence-electron chi connectivity index (χ2n) is 5.24. The molecule has 0 atom stereocenters. The second-order valence-corrected chi connectivity index (χ2v) is 5.24. The van der Waals surface area contributed by atoms with Crippen LogP contribution >= 0.6 is 0 Å². The maximum absolute atomic E-state index is 10.7. The van der Waals surface area contributed by atoms with E-state index in [0.29, 0.717) is 6.61 Å². The highest BCUT2D eigenvalue weighted by Crippen LogP contribution is 2.27. The van der Waals surface area contributed by atoms with E-state index in [1.165, 1.54) is 0 Å². The monoisotopic (exact) mass is 236 g/mol. The Bertz CT molecular complexity index is 388. The minimum atomic E-state index is -0.792. The zero-order valence-electron chi connectivity index (χ0n) is 10.9. The van der Waals surface area contributed by atoms with E-state index in [9.17, 15) is 4.79 Å². The van der Waals surface area contributed by atoms with Crippen LogP contribution in [0.2, 0.25) is 0 Å². The first kappa shape index (κ1) is 13.6. The van der Waals surface area contributed by atoms with Gasteiger partial charge in [-0.15, -0.1) is 0 Å². The van der Waals surface area contributed by atoms with Crippen molar-refractivity contribution >= 4 is 5.97 Å². The summed E-state index contributed by atoms with van der Waals surface area (Å²) in [7, 11) is 0. The van der Waals surface area contributed by atoms with Crippen molar-refractivity contribution in [2.45, 2.75) is 34.1 Å². The molecule has 0 saturated carbocycles. The normalized spacial score (nSPS) is 11.3. The van der Waals surface area contributed by atoms with Gasteiger partial charge in [0.1, 0.15) is 5.75 Å². The molecule has 0 aliphatic rings. The number of benzene rings is 1. The summed E-state index contributed by atoms with van der Waals surface area (Å²) in [5, 5.41) is 8.80. The predicted molar refractivity (Wildman–Crippen MR) is 67.4 cm³/mol. The van der Waals surface area contributed by atoms with Crippen molar-refractivity contribution in [2.24, 2.45) is 5.41 Å². The van der Waals surface area contributed by atoms with Crippen molar-refractivity contribution in [1.29, 1.82) is 0 Å². The number of aryl methyl sites for hydroxylation is 2. The molecule has 0 aromatic heterocycles. The number of para-hydroxylation sites is 1. The lowest BCUT2D eigenvalue weighted by Crippen LogP contribution is -2.25. The number of carboxylic acid groups (broad SMARTS) is 1. The van der Waals surface area contributed by atoms with Crippen LogP contribution in [0.3, 0.4) is 0 Å². The molecule has 0 unspecified atom stereocenters. The third-order valence-corrected chi connectivity index (χ3v) is 2.65. The summed E-state index contributed by atoms with van der Waals surface area (Å²) in [6.45, 7) is 8.19. The number of hydrogen-bond acceptors (Lipinski definition) is 2. The van der Waals surface area contributed by atoms with E-state index in [4.69, 9.17) is 9.84 Å². The van der Waals surface area contributed by atoms with E-state index in [1.807, 2.05) is 45.9 Å². The van der Waals surface area contributed by atoms with Crippen LogP contribution in [0.1, 0.15) is 31.4 Å². The molecule has 1 aromatic rings. The molecule has 0 bridgehead atoms. The Kier molecular flexibility index (Phi) is 4.16. The summed E-state index contributed by atoms with van der Waals surface area (Å²) in [4.78, 5) is 10.7. The van der Waals surface area contributed by atoms with Gasteiger partial charge in [-0.25, -0.2) is 0 Å². The lowest BCUT2D eigenvalue weighted by atomic mass is 9.90. The second kappa shape index (κ2) is 5.21. The highest BCUT2D eigenvalue weighted by Gasteiger charge is 2.23. The van der Waals surface area contributed by atoms with Crippen molar-refractivity contribution in [3.8, 4) is 5.75 Å². The van der Waals surface area contributed by atoms with Gasteiger partial charge in [0.15, 0.2) is 0 Å². The van der Waals surface area contributed by atoms with Crippen LogP contribution in [0, 0.1) is 19.3 Å². The van der Waals surface area contributed by atoms with Crippen LogP contribution in [-0.2, 0) is 4.79 Å². The summed E-state index contributed by atoms with van der Waals surface area (Å²) in [6, 6.07) is 5.97. The lowest BCUT2D eigenvalue weighted by Gasteiger charge is -2.24. The van der Waals surface area contributed by atoms with E-state index in [-0.39, 0.29) is 11.8 Å². The van der Waals surface area contributed by atoms with Crippen LogP contribution < -0.4 is 4.74 Å². The molecule has 0 heterocycles. The summed E-state index contributed by atoms with van der Waals surface area (Å²) >= 11 is 0. The van der Waals surface area contributed by atoms with Gasteiger partial charge in [-0.1, -0.05) is 32.0 Å². The molecule has 0 aliphatic carbocycles. The van der Waals surface area contributed by atoms with Crippen LogP contribution in [0.5, 0.6) is 5.75 Å². The molecule has 1 aromatic carbocycles. The van der Waals surface area contributed by atoms with Crippen molar-refractivity contribution < 1.29 is 14.6 Å². The van der Waals surface area contributed by atoms with Crippen molar-refractivity contribution in [3.63, 3.8) is 0 Å². The summed E-state index contributed by atoms with van der Waals surface area (Å²) in [5.74, 6) is 0.0751. The van der Waals surface area contributed by atoms with Crippen LogP contribution in [0.25, 0.3) is 0 Å². The number of hydrogen-bond donors (Lipinski definition) is 1. The quantitative estimate of drug-likeness (QED) is 0.854. The lowest BCUT2D eigenvalue weighted by molar-refractivity contribution is -0.139. The first-order valence-corrected chi connectivity index (χ1v) is 5.73. The maximum atomic E-state index is 10.7. The van der Waals surface area contributed by atoms with Crippen LogP contribution in [0.4, 0.5) is 0 Å². The third kappa shape index (κ3) is 4.10. The van der Waals surface area contributed by atoms with E-state index in [1.54, 1.807) is 0 Å². The highest BCUT2D eigenvalue weighted by molar-refractivity contribution is 5.67. The molecular formula is C14H20O3. The fraction of sp³-hybridized carbons (Fsp3) is 0.500. The molecule has 1 N–H and O–H groups in total. The number of aliphatic carboxylic acids is 1.